The number of amides is 1. The number of rotatable bonds is 9. The molecule has 1 rings (SSSR count). The van der Waals surface area contributed by atoms with Crippen LogP contribution >= 0.6 is 0 Å². The highest BCUT2D eigenvalue weighted by Crippen LogP contribution is 2.29. The molecule has 0 radical (unpaired) electrons. The van der Waals surface area contributed by atoms with E-state index in [1.165, 1.54) is 13.0 Å². The lowest BCUT2D eigenvalue weighted by molar-refractivity contribution is -0.150. The second kappa shape index (κ2) is 10.3. The van der Waals surface area contributed by atoms with Gasteiger partial charge in [0.25, 0.3) is 5.91 Å². The lowest BCUT2D eigenvalue weighted by atomic mass is 10.2. The highest BCUT2D eigenvalue weighted by Gasteiger charge is 2.15. The summed E-state index contributed by atoms with van der Waals surface area (Å²) in [6, 6.07) is 5.38. The van der Waals surface area contributed by atoms with Crippen LogP contribution in [0.4, 0.5) is 0 Å². The Morgan fingerprint density at radius 2 is 1.79 bits per heavy atom. The van der Waals surface area contributed by atoms with Crippen molar-refractivity contribution in [3.8, 4) is 11.5 Å². The maximum atomic E-state index is 11.8. The third-order valence-corrected chi connectivity index (χ3v) is 2.99. The fourth-order valence-corrected chi connectivity index (χ4v) is 1.92. The Balaban J connectivity index is 2.73. The summed E-state index contributed by atoms with van der Waals surface area (Å²) in [4.78, 5) is 23.3. The molecule has 0 heterocycles. The first-order chi connectivity index (χ1) is 11.5. The van der Waals surface area contributed by atoms with Crippen LogP contribution in [0, 0.1) is 0 Å². The molecule has 24 heavy (non-hydrogen) atoms. The SMILES string of the molecule is CCNC(=O)[C@@H](C)OC(=O)/C=C/c1ccc(OCC)c(OCC)c1. The van der Waals surface area contributed by atoms with Gasteiger partial charge >= 0.3 is 5.97 Å². The van der Waals surface area contributed by atoms with Crippen LogP contribution in [0.1, 0.15) is 33.3 Å². The molecule has 1 amide bonds. The monoisotopic (exact) mass is 335 g/mol. The maximum absolute atomic E-state index is 11.8. The zero-order valence-corrected chi connectivity index (χ0v) is 14.6. The number of hydrogen-bond acceptors (Lipinski definition) is 5. The normalized spacial score (nSPS) is 11.8. The summed E-state index contributed by atoms with van der Waals surface area (Å²) in [5.74, 6) is 0.369. The molecule has 0 saturated carbocycles. The summed E-state index contributed by atoms with van der Waals surface area (Å²) in [5, 5.41) is 2.59. The molecule has 0 unspecified atom stereocenters. The molecule has 0 aromatic heterocycles. The molecular weight excluding hydrogens is 310 g/mol. The van der Waals surface area contributed by atoms with Crippen molar-refractivity contribution in [3.63, 3.8) is 0 Å². The number of carbonyl (C=O) groups excluding carboxylic acids is 2. The van der Waals surface area contributed by atoms with Crippen LogP contribution in [-0.4, -0.2) is 37.7 Å². The van der Waals surface area contributed by atoms with E-state index in [2.05, 4.69) is 5.32 Å². The Bertz CT molecular complexity index is 583. The standard InChI is InChI=1S/C18H25NO5/c1-5-19-18(21)13(4)24-17(20)11-9-14-8-10-15(22-6-2)16(12-14)23-7-3/h8-13H,5-7H2,1-4H3,(H,19,21)/b11-9+/t13-/m1/s1. The van der Waals surface area contributed by atoms with E-state index >= 15 is 0 Å². The van der Waals surface area contributed by atoms with Gasteiger partial charge in [-0.05, 0) is 51.5 Å². The van der Waals surface area contributed by atoms with Gasteiger partial charge in [0.05, 0.1) is 13.2 Å². The first-order valence-corrected chi connectivity index (χ1v) is 8.07. The lowest BCUT2D eigenvalue weighted by Crippen LogP contribution is -2.35. The molecule has 1 N–H and O–H groups in total. The minimum Gasteiger partial charge on any atom is -0.490 e. The van der Waals surface area contributed by atoms with Gasteiger partial charge in [0.15, 0.2) is 17.6 Å². The van der Waals surface area contributed by atoms with Crippen molar-refractivity contribution >= 4 is 18.0 Å². The Kier molecular flexibility index (Phi) is 8.39. The van der Waals surface area contributed by atoms with Crippen LogP contribution in [-0.2, 0) is 14.3 Å². The first kappa shape index (κ1) is 19.5. The van der Waals surface area contributed by atoms with Crippen molar-refractivity contribution < 1.29 is 23.8 Å². The summed E-state index contributed by atoms with van der Waals surface area (Å²) in [5.41, 5.74) is 0.768. The number of hydrogen-bond donors (Lipinski definition) is 1. The zero-order chi connectivity index (χ0) is 17.9. The van der Waals surface area contributed by atoms with Gasteiger partial charge in [-0.3, -0.25) is 4.79 Å². The Morgan fingerprint density at radius 3 is 2.42 bits per heavy atom. The smallest absolute Gasteiger partial charge is 0.331 e. The highest BCUT2D eigenvalue weighted by molar-refractivity contribution is 5.90. The number of nitrogens with one attached hydrogen (secondary N) is 1. The van der Waals surface area contributed by atoms with Crippen molar-refractivity contribution in [1.29, 1.82) is 0 Å². The molecule has 1 aromatic rings. The van der Waals surface area contributed by atoms with Gasteiger partial charge in [-0.15, -0.1) is 0 Å². The molecule has 132 valence electrons. The van der Waals surface area contributed by atoms with Gasteiger partial charge in [0.1, 0.15) is 0 Å². The van der Waals surface area contributed by atoms with E-state index < -0.39 is 12.1 Å². The van der Waals surface area contributed by atoms with Crippen LogP contribution in [0.5, 0.6) is 11.5 Å². The molecule has 6 nitrogen and oxygen atoms in total. The van der Waals surface area contributed by atoms with Gasteiger partial charge in [0, 0.05) is 12.6 Å². The molecule has 0 saturated heterocycles. The van der Waals surface area contributed by atoms with Crippen molar-refractivity contribution in [2.45, 2.75) is 33.8 Å². The summed E-state index contributed by atoms with van der Waals surface area (Å²) in [7, 11) is 0. The molecule has 0 fully saturated rings. The van der Waals surface area contributed by atoms with Gasteiger partial charge in [-0.2, -0.15) is 0 Å². The third-order valence-electron chi connectivity index (χ3n) is 2.99. The van der Waals surface area contributed by atoms with E-state index in [9.17, 15) is 9.59 Å². The minimum absolute atomic E-state index is 0.320. The van der Waals surface area contributed by atoms with Crippen LogP contribution in [0.15, 0.2) is 24.3 Å². The number of ether oxygens (including phenoxy) is 3. The topological polar surface area (TPSA) is 73.9 Å². The predicted octanol–water partition coefficient (Wildman–Crippen LogP) is 2.57. The van der Waals surface area contributed by atoms with E-state index in [-0.39, 0.29) is 5.91 Å². The van der Waals surface area contributed by atoms with Gasteiger partial charge < -0.3 is 19.5 Å². The molecule has 0 bridgehead atoms. The van der Waals surface area contributed by atoms with Crippen LogP contribution in [0.25, 0.3) is 6.08 Å². The van der Waals surface area contributed by atoms with Crippen LogP contribution in [0.3, 0.4) is 0 Å². The predicted molar refractivity (Wildman–Crippen MR) is 92.1 cm³/mol. The zero-order valence-electron chi connectivity index (χ0n) is 14.6. The Morgan fingerprint density at radius 1 is 1.12 bits per heavy atom. The lowest BCUT2D eigenvalue weighted by Gasteiger charge is -2.12. The van der Waals surface area contributed by atoms with E-state index in [0.717, 1.165) is 5.56 Å². The van der Waals surface area contributed by atoms with Crippen LogP contribution < -0.4 is 14.8 Å². The number of benzene rings is 1. The largest absolute Gasteiger partial charge is 0.490 e. The fourth-order valence-electron chi connectivity index (χ4n) is 1.92. The Hall–Kier alpha value is -2.50. The van der Waals surface area contributed by atoms with Crippen molar-refractivity contribution in [2.24, 2.45) is 0 Å². The van der Waals surface area contributed by atoms with Gasteiger partial charge in [-0.1, -0.05) is 6.07 Å². The van der Waals surface area contributed by atoms with Gasteiger partial charge in [-0.25, -0.2) is 4.79 Å². The number of carbonyl (C=O) groups is 2. The van der Waals surface area contributed by atoms with Gasteiger partial charge in [0.2, 0.25) is 0 Å². The molecule has 0 spiro atoms. The summed E-state index contributed by atoms with van der Waals surface area (Å²) in [6.07, 6.45) is 2.05. The molecule has 0 aliphatic heterocycles. The molecule has 1 aromatic carbocycles. The maximum Gasteiger partial charge on any atom is 0.331 e. The molecule has 0 aliphatic carbocycles. The quantitative estimate of drug-likeness (QED) is 0.554. The molecule has 0 aliphatic rings. The van der Waals surface area contributed by atoms with E-state index in [1.54, 1.807) is 25.1 Å². The highest BCUT2D eigenvalue weighted by atomic mass is 16.5. The molecule has 6 heteroatoms. The second-order valence-electron chi connectivity index (χ2n) is 4.88. The van der Waals surface area contributed by atoms with E-state index in [4.69, 9.17) is 14.2 Å². The fraction of sp³-hybridized carbons (Fsp3) is 0.444. The summed E-state index contributed by atoms with van der Waals surface area (Å²) in [6.45, 7) is 8.66. The van der Waals surface area contributed by atoms with E-state index in [1.807, 2.05) is 19.9 Å². The minimum atomic E-state index is -0.832. The Labute approximate surface area is 142 Å². The summed E-state index contributed by atoms with van der Waals surface area (Å²) < 4.78 is 16.1. The van der Waals surface area contributed by atoms with Crippen molar-refractivity contribution in [3.05, 3.63) is 29.8 Å². The average Bonchev–Trinajstić information content (AvgIpc) is 2.55. The summed E-state index contributed by atoms with van der Waals surface area (Å²) >= 11 is 0. The van der Waals surface area contributed by atoms with Crippen molar-refractivity contribution in [2.75, 3.05) is 19.8 Å². The molecule has 1 atom stereocenters. The average molecular weight is 335 g/mol. The number of esters is 1. The second-order valence-corrected chi connectivity index (χ2v) is 4.88. The first-order valence-electron chi connectivity index (χ1n) is 8.07. The van der Waals surface area contributed by atoms with Crippen molar-refractivity contribution in [1.82, 2.24) is 5.32 Å². The molecular formula is C18H25NO5. The van der Waals surface area contributed by atoms with Crippen LogP contribution in [0.2, 0.25) is 0 Å². The third kappa shape index (κ3) is 6.32. The number of likely N-dealkylation sites (N-methyl/N-ethyl adjacent to an activating group) is 1. The van der Waals surface area contributed by atoms with E-state index in [0.29, 0.717) is 31.3 Å².